The summed E-state index contributed by atoms with van der Waals surface area (Å²) < 4.78 is 50.6. The lowest BCUT2D eigenvalue weighted by atomic mass is 9.93. The number of esters is 1. The fraction of sp³-hybridized carbons (Fsp3) is 0.529. The molecule has 1 saturated carbocycles. The molecule has 1 amide bonds. The summed E-state index contributed by atoms with van der Waals surface area (Å²) in [5, 5.41) is 2.39. The molecule has 1 aliphatic carbocycles. The molecule has 1 fully saturated rings. The second-order valence-corrected chi connectivity index (χ2v) is 6.03. The molecule has 144 valence electrons. The van der Waals surface area contributed by atoms with Gasteiger partial charge in [0, 0.05) is 12.1 Å². The Morgan fingerprint density at radius 1 is 1.27 bits per heavy atom. The highest BCUT2D eigenvalue weighted by Crippen LogP contribution is 2.22. The molecule has 0 saturated heterocycles. The van der Waals surface area contributed by atoms with Crippen LogP contribution in [0.4, 0.5) is 18.0 Å². The van der Waals surface area contributed by atoms with Gasteiger partial charge in [-0.15, -0.1) is 0 Å². The van der Waals surface area contributed by atoms with Crippen molar-refractivity contribution in [2.75, 3.05) is 6.61 Å². The van der Waals surface area contributed by atoms with E-state index in [4.69, 9.17) is 9.15 Å². The Morgan fingerprint density at radius 3 is 2.54 bits per heavy atom. The number of ether oxygens (including phenoxy) is 2. The van der Waals surface area contributed by atoms with E-state index in [1.54, 1.807) is 19.1 Å². The van der Waals surface area contributed by atoms with Crippen LogP contribution in [0.3, 0.4) is 0 Å². The molecule has 1 aromatic rings. The minimum Gasteiger partial charge on any atom is -0.462 e. The number of hydrogen-bond donors (Lipinski definition) is 1. The van der Waals surface area contributed by atoms with E-state index in [2.05, 4.69) is 10.1 Å². The Kier molecular flexibility index (Phi) is 6.70. The molecular weight excluding hydrogens is 355 g/mol. The minimum absolute atomic E-state index is 0.297. The summed E-state index contributed by atoms with van der Waals surface area (Å²) in [5.41, 5.74) is 0. The van der Waals surface area contributed by atoms with E-state index < -0.39 is 24.8 Å². The van der Waals surface area contributed by atoms with E-state index in [1.165, 1.54) is 12.2 Å². The highest BCUT2D eigenvalue weighted by atomic mass is 19.4. The van der Waals surface area contributed by atoms with Crippen molar-refractivity contribution < 1.29 is 36.7 Å². The predicted octanol–water partition coefficient (Wildman–Crippen LogP) is 3.74. The molecule has 0 radical (unpaired) electrons. The van der Waals surface area contributed by atoms with Crippen molar-refractivity contribution in [3.8, 4) is 0 Å². The van der Waals surface area contributed by atoms with Crippen LogP contribution < -0.4 is 5.32 Å². The highest BCUT2D eigenvalue weighted by Gasteiger charge is 2.30. The molecule has 0 aliphatic heterocycles. The Bertz CT molecular complexity index is 645. The summed E-state index contributed by atoms with van der Waals surface area (Å²) in [4.78, 5) is 23.1. The van der Waals surface area contributed by atoms with Gasteiger partial charge in [0.15, 0.2) is 6.61 Å². The minimum atomic E-state index is -4.55. The summed E-state index contributed by atoms with van der Waals surface area (Å²) in [6, 6.07) is 3.21. The fourth-order valence-electron chi connectivity index (χ4n) is 2.58. The summed E-state index contributed by atoms with van der Waals surface area (Å²) in [6.45, 7) is 0.175. The lowest BCUT2D eigenvalue weighted by Gasteiger charge is -2.28. The number of aryl methyl sites for hydroxylation is 1. The molecule has 0 aromatic carbocycles. The second-order valence-electron chi connectivity index (χ2n) is 6.03. The van der Waals surface area contributed by atoms with Gasteiger partial charge in [-0.1, -0.05) is 0 Å². The number of alkyl carbamates (subject to hydrolysis) is 1. The Labute approximate surface area is 148 Å². The van der Waals surface area contributed by atoms with Gasteiger partial charge in [0.2, 0.25) is 0 Å². The number of halogens is 3. The monoisotopic (exact) mass is 375 g/mol. The van der Waals surface area contributed by atoms with E-state index in [9.17, 15) is 22.8 Å². The zero-order valence-corrected chi connectivity index (χ0v) is 14.2. The summed E-state index contributed by atoms with van der Waals surface area (Å²) in [6.07, 6.45) is -1.18. The first-order valence-corrected chi connectivity index (χ1v) is 8.16. The zero-order chi connectivity index (χ0) is 19.2. The van der Waals surface area contributed by atoms with E-state index in [0.29, 0.717) is 31.4 Å². The van der Waals surface area contributed by atoms with Crippen LogP contribution in [0.1, 0.15) is 37.2 Å². The molecular formula is C17H20F3NO5. The number of rotatable bonds is 5. The van der Waals surface area contributed by atoms with Gasteiger partial charge in [0.1, 0.15) is 17.6 Å². The van der Waals surface area contributed by atoms with Crippen molar-refractivity contribution in [1.82, 2.24) is 5.32 Å². The Balaban J connectivity index is 1.67. The molecule has 1 N–H and O–H groups in total. The third kappa shape index (κ3) is 7.20. The number of carbonyl (C=O) groups excluding carboxylic acids is 2. The summed E-state index contributed by atoms with van der Waals surface area (Å²) in [7, 11) is 0. The van der Waals surface area contributed by atoms with Crippen LogP contribution in [0.2, 0.25) is 0 Å². The van der Waals surface area contributed by atoms with Gasteiger partial charge in [-0.05, 0) is 50.8 Å². The Hall–Kier alpha value is -2.45. The standard InChI is InChI=1S/C17H20F3NO5/c1-11-2-5-13(25-11)8-9-15(22)26-14-6-3-12(4-7-14)21-16(23)24-10-17(18,19)20/h2,5,8-9,12,14H,3-4,6-7,10H2,1H3,(H,21,23). The Morgan fingerprint density at radius 2 is 1.96 bits per heavy atom. The van der Waals surface area contributed by atoms with Gasteiger partial charge in [-0.3, -0.25) is 0 Å². The van der Waals surface area contributed by atoms with Crippen LogP contribution in [0.25, 0.3) is 6.08 Å². The molecule has 2 rings (SSSR count). The van der Waals surface area contributed by atoms with Crippen molar-refractivity contribution in [2.24, 2.45) is 0 Å². The second kappa shape index (κ2) is 8.77. The topological polar surface area (TPSA) is 77.8 Å². The van der Waals surface area contributed by atoms with E-state index >= 15 is 0 Å². The third-order valence-corrected chi connectivity index (χ3v) is 3.79. The number of carbonyl (C=O) groups is 2. The van der Waals surface area contributed by atoms with Crippen LogP contribution in [0.15, 0.2) is 22.6 Å². The van der Waals surface area contributed by atoms with Crippen LogP contribution in [0, 0.1) is 6.92 Å². The van der Waals surface area contributed by atoms with Crippen molar-refractivity contribution in [3.63, 3.8) is 0 Å². The average Bonchev–Trinajstić information content (AvgIpc) is 2.98. The number of furan rings is 1. The predicted molar refractivity (Wildman–Crippen MR) is 85.2 cm³/mol. The van der Waals surface area contributed by atoms with Gasteiger partial charge in [0.05, 0.1) is 0 Å². The van der Waals surface area contributed by atoms with Gasteiger partial charge in [-0.2, -0.15) is 13.2 Å². The van der Waals surface area contributed by atoms with Crippen molar-refractivity contribution in [3.05, 3.63) is 29.7 Å². The summed E-state index contributed by atoms with van der Waals surface area (Å²) in [5.74, 6) is 0.780. The highest BCUT2D eigenvalue weighted by molar-refractivity contribution is 5.86. The average molecular weight is 375 g/mol. The van der Waals surface area contributed by atoms with Gasteiger partial charge in [-0.25, -0.2) is 9.59 Å². The SMILES string of the molecule is Cc1ccc(C=CC(=O)OC2CCC(NC(=O)OCC(F)(F)F)CC2)o1. The lowest BCUT2D eigenvalue weighted by Crippen LogP contribution is -2.40. The molecule has 26 heavy (non-hydrogen) atoms. The number of hydrogen-bond acceptors (Lipinski definition) is 5. The van der Waals surface area contributed by atoms with Crippen LogP contribution in [0.5, 0.6) is 0 Å². The molecule has 0 spiro atoms. The number of amides is 1. The van der Waals surface area contributed by atoms with Crippen molar-refractivity contribution >= 4 is 18.1 Å². The fourth-order valence-corrected chi connectivity index (χ4v) is 2.58. The smallest absolute Gasteiger partial charge is 0.422 e. The quantitative estimate of drug-likeness (QED) is 0.627. The first kappa shape index (κ1) is 19.9. The van der Waals surface area contributed by atoms with Crippen molar-refractivity contribution in [2.45, 2.75) is 50.9 Å². The van der Waals surface area contributed by atoms with E-state index in [0.717, 1.165) is 5.76 Å². The largest absolute Gasteiger partial charge is 0.462 e. The first-order chi connectivity index (χ1) is 12.2. The van der Waals surface area contributed by atoms with Gasteiger partial charge < -0.3 is 19.2 Å². The molecule has 1 aromatic heterocycles. The first-order valence-electron chi connectivity index (χ1n) is 8.16. The maximum atomic E-state index is 12.0. The lowest BCUT2D eigenvalue weighted by molar-refractivity contribution is -0.160. The zero-order valence-electron chi connectivity index (χ0n) is 14.2. The third-order valence-electron chi connectivity index (χ3n) is 3.79. The molecule has 0 bridgehead atoms. The van der Waals surface area contributed by atoms with E-state index in [1.807, 2.05) is 0 Å². The van der Waals surface area contributed by atoms with E-state index in [-0.39, 0.29) is 12.1 Å². The van der Waals surface area contributed by atoms with Crippen LogP contribution in [-0.4, -0.2) is 37.0 Å². The normalized spacial score (nSPS) is 20.8. The maximum absolute atomic E-state index is 12.0. The van der Waals surface area contributed by atoms with Gasteiger partial charge >= 0.3 is 18.2 Å². The molecule has 6 nitrogen and oxygen atoms in total. The molecule has 0 atom stereocenters. The molecule has 1 heterocycles. The number of alkyl halides is 3. The van der Waals surface area contributed by atoms with Crippen LogP contribution >= 0.6 is 0 Å². The maximum Gasteiger partial charge on any atom is 0.422 e. The molecule has 1 aliphatic rings. The van der Waals surface area contributed by atoms with Crippen molar-refractivity contribution in [1.29, 1.82) is 0 Å². The number of nitrogens with one attached hydrogen (secondary N) is 1. The molecule has 0 unspecified atom stereocenters. The van der Waals surface area contributed by atoms with Gasteiger partial charge in [0.25, 0.3) is 0 Å². The summed E-state index contributed by atoms with van der Waals surface area (Å²) >= 11 is 0. The molecule has 9 heteroatoms. The van der Waals surface area contributed by atoms with Crippen LogP contribution in [-0.2, 0) is 14.3 Å².